The molecule has 3 amide bonds. The topological polar surface area (TPSA) is 61.9 Å². The highest BCUT2D eigenvalue weighted by Crippen LogP contribution is 2.13. The minimum atomic E-state index is -0.556. The minimum absolute atomic E-state index is 0.153. The van der Waals surface area contributed by atoms with Crippen LogP contribution in [0, 0.1) is 0 Å². The fourth-order valence-electron chi connectivity index (χ4n) is 1.72. The summed E-state index contributed by atoms with van der Waals surface area (Å²) in [5.74, 6) is 0. The number of thiocarbonyl (C=S) groups is 1. The van der Waals surface area contributed by atoms with Gasteiger partial charge in [-0.25, -0.2) is 9.59 Å². The number of benzene rings is 1. The highest BCUT2D eigenvalue weighted by molar-refractivity contribution is 7.80. The van der Waals surface area contributed by atoms with Crippen LogP contribution >= 0.6 is 12.2 Å². The van der Waals surface area contributed by atoms with Gasteiger partial charge in [0.15, 0.2) is 5.11 Å². The molecule has 1 aliphatic rings. The van der Waals surface area contributed by atoms with Crippen LogP contribution in [0.4, 0.5) is 15.3 Å². The second kappa shape index (κ2) is 5.66. The molecule has 0 aromatic heterocycles. The zero-order chi connectivity index (χ0) is 13.8. The normalized spacial score (nSPS) is 14.5. The number of nitrogens with zero attached hydrogens (tertiary/aromatic N) is 2. The van der Waals surface area contributed by atoms with E-state index in [0.29, 0.717) is 18.8 Å². The molecular formula is C12H13N3O3S. The third-order valence-corrected chi connectivity index (χ3v) is 3.12. The SMILES string of the molecule is COC(=O)N1CCN(C(=O)Nc2ccccc2)C1=S. The largest absolute Gasteiger partial charge is 0.452 e. The van der Waals surface area contributed by atoms with Gasteiger partial charge in [-0.15, -0.1) is 0 Å². The summed E-state index contributed by atoms with van der Waals surface area (Å²) >= 11 is 5.09. The molecule has 0 bridgehead atoms. The van der Waals surface area contributed by atoms with Crippen LogP contribution in [-0.2, 0) is 4.74 Å². The first-order valence-corrected chi connectivity index (χ1v) is 6.07. The lowest BCUT2D eigenvalue weighted by atomic mass is 10.3. The van der Waals surface area contributed by atoms with Crippen molar-refractivity contribution in [3.05, 3.63) is 30.3 Å². The zero-order valence-electron chi connectivity index (χ0n) is 10.3. The van der Waals surface area contributed by atoms with E-state index in [1.807, 2.05) is 18.2 Å². The van der Waals surface area contributed by atoms with Crippen LogP contribution in [-0.4, -0.2) is 47.2 Å². The molecule has 1 fully saturated rings. The number of carbonyl (C=O) groups is 2. The number of hydrogen-bond acceptors (Lipinski definition) is 4. The first kappa shape index (κ1) is 13.3. The second-order valence-electron chi connectivity index (χ2n) is 3.85. The van der Waals surface area contributed by atoms with Gasteiger partial charge in [0.05, 0.1) is 7.11 Å². The summed E-state index contributed by atoms with van der Waals surface area (Å²) in [5, 5.41) is 2.87. The molecule has 2 rings (SSSR count). The molecule has 1 aromatic carbocycles. The van der Waals surface area contributed by atoms with E-state index in [2.05, 4.69) is 10.1 Å². The Bertz CT molecular complexity index is 506. The van der Waals surface area contributed by atoms with Crippen molar-refractivity contribution >= 4 is 35.1 Å². The molecule has 1 heterocycles. The first-order chi connectivity index (χ1) is 9.13. The quantitative estimate of drug-likeness (QED) is 0.797. The lowest BCUT2D eigenvalue weighted by molar-refractivity contribution is 0.149. The number of nitrogens with one attached hydrogen (secondary N) is 1. The van der Waals surface area contributed by atoms with Gasteiger partial charge in [-0.05, 0) is 24.4 Å². The maximum atomic E-state index is 12.0. The third-order valence-electron chi connectivity index (χ3n) is 2.67. The number of carbonyl (C=O) groups excluding carboxylic acids is 2. The zero-order valence-corrected chi connectivity index (χ0v) is 11.1. The van der Waals surface area contributed by atoms with Gasteiger partial charge >= 0.3 is 12.1 Å². The maximum Gasteiger partial charge on any atom is 0.415 e. The van der Waals surface area contributed by atoms with Crippen molar-refractivity contribution in [3.8, 4) is 0 Å². The van der Waals surface area contributed by atoms with Gasteiger partial charge in [0.2, 0.25) is 0 Å². The number of ether oxygens (including phenoxy) is 1. The lowest BCUT2D eigenvalue weighted by Crippen LogP contribution is -2.40. The summed E-state index contributed by atoms with van der Waals surface area (Å²) in [6.45, 7) is 0.695. The van der Waals surface area contributed by atoms with E-state index in [4.69, 9.17) is 12.2 Å². The van der Waals surface area contributed by atoms with Crippen molar-refractivity contribution in [2.24, 2.45) is 0 Å². The third kappa shape index (κ3) is 2.82. The fourth-order valence-corrected chi connectivity index (χ4v) is 2.06. The molecule has 6 nitrogen and oxygen atoms in total. The van der Waals surface area contributed by atoms with Gasteiger partial charge in [0.1, 0.15) is 0 Å². The number of rotatable bonds is 1. The van der Waals surface area contributed by atoms with Crippen molar-refractivity contribution in [1.29, 1.82) is 0 Å². The molecule has 1 saturated heterocycles. The fraction of sp³-hybridized carbons (Fsp3) is 0.250. The minimum Gasteiger partial charge on any atom is -0.452 e. The van der Waals surface area contributed by atoms with E-state index in [-0.39, 0.29) is 11.1 Å². The molecule has 0 spiro atoms. The molecule has 1 aromatic rings. The summed E-state index contributed by atoms with van der Waals surface area (Å²) in [6, 6.07) is 8.68. The molecule has 0 aliphatic carbocycles. The number of anilines is 1. The van der Waals surface area contributed by atoms with E-state index in [1.54, 1.807) is 12.1 Å². The highest BCUT2D eigenvalue weighted by Gasteiger charge is 2.34. The molecule has 7 heteroatoms. The first-order valence-electron chi connectivity index (χ1n) is 5.66. The molecule has 0 radical (unpaired) electrons. The monoisotopic (exact) mass is 279 g/mol. The van der Waals surface area contributed by atoms with E-state index < -0.39 is 6.09 Å². The van der Waals surface area contributed by atoms with Gasteiger partial charge in [-0.3, -0.25) is 9.80 Å². The smallest absolute Gasteiger partial charge is 0.415 e. The van der Waals surface area contributed by atoms with Gasteiger partial charge in [0, 0.05) is 18.8 Å². The summed E-state index contributed by atoms with van der Waals surface area (Å²) < 4.78 is 4.59. The van der Waals surface area contributed by atoms with E-state index in [9.17, 15) is 9.59 Å². The maximum absolute atomic E-state index is 12.0. The molecule has 0 saturated carbocycles. The summed E-state index contributed by atoms with van der Waals surface area (Å²) in [5.41, 5.74) is 0.673. The Kier molecular flexibility index (Phi) is 3.96. The average molecular weight is 279 g/mol. The summed E-state index contributed by atoms with van der Waals surface area (Å²) in [4.78, 5) is 26.0. The Morgan fingerprint density at radius 1 is 1.21 bits per heavy atom. The average Bonchev–Trinajstić information content (AvgIpc) is 2.81. The second-order valence-corrected chi connectivity index (χ2v) is 4.22. The van der Waals surface area contributed by atoms with Crippen LogP contribution in [0.3, 0.4) is 0 Å². The van der Waals surface area contributed by atoms with Gasteiger partial charge in [-0.2, -0.15) is 0 Å². The van der Waals surface area contributed by atoms with Crippen LogP contribution in [0.5, 0.6) is 0 Å². The highest BCUT2D eigenvalue weighted by atomic mass is 32.1. The number of methoxy groups -OCH3 is 1. The number of urea groups is 1. The van der Waals surface area contributed by atoms with E-state index >= 15 is 0 Å². The summed E-state index contributed by atoms with van der Waals surface area (Å²) in [7, 11) is 1.28. The van der Waals surface area contributed by atoms with Crippen LogP contribution in [0.15, 0.2) is 30.3 Å². The van der Waals surface area contributed by atoms with E-state index in [0.717, 1.165) is 0 Å². The van der Waals surface area contributed by atoms with Crippen molar-refractivity contribution in [2.45, 2.75) is 0 Å². The molecule has 100 valence electrons. The van der Waals surface area contributed by atoms with Crippen LogP contribution in [0.2, 0.25) is 0 Å². The predicted octanol–water partition coefficient (Wildman–Crippen LogP) is 1.89. The Morgan fingerprint density at radius 2 is 1.84 bits per heavy atom. The van der Waals surface area contributed by atoms with Crippen molar-refractivity contribution in [3.63, 3.8) is 0 Å². The Balaban J connectivity index is 2.02. The lowest BCUT2D eigenvalue weighted by Gasteiger charge is -2.18. The van der Waals surface area contributed by atoms with Crippen LogP contribution in [0.25, 0.3) is 0 Å². The Morgan fingerprint density at radius 3 is 2.47 bits per heavy atom. The van der Waals surface area contributed by atoms with Gasteiger partial charge < -0.3 is 10.1 Å². The van der Waals surface area contributed by atoms with Crippen molar-refractivity contribution in [1.82, 2.24) is 9.80 Å². The number of hydrogen-bond donors (Lipinski definition) is 1. The Labute approximate surface area is 115 Å². The van der Waals surface area contributed by atoms with Gasteiger partial charge in [-0.1, -0.05) is 18.2 Å². The predicted molar refractivity (Wildman–Crippen MR) is 73.9 cm³/mol. The standard InChI is InChI=1S/C12H13N3O3S/c1-18-12(17)15-8-7-14(11(15)19)10(16)13-9-5-3-2-4-6-9/h2-6H,7-8H2,1H3,(H,13,16). The number of amides is 3. The molecule has 1 N–H and O–H groups in total. The van der Waals surface area contributed by atoms with Crippen molar-refractivity contribution in [2.75, 3.05) is 25.5 Å². The van der Waals surface area contributed by atoms with Gasteiger partial charge in [0.25, 0.3) is 0 Å². The van der Waals surface area contributed by atoms with Crippen molar-refractivity contribution < 1.29 is 14.3 Å². The molecule has 0 atom stereocenters. The molecule has 1 aliphatic heterocycles. The summed E-state index contributed by atoms with van der Waals surface area (Å²) in [6.07, 6.45) is -0.556. The van der Waals surface area contributed by atoms with Crippen LogP contribution < -0.4 is 5.32 Å². The Hall–Kier alpha value is -2.15. The molecule has 19 heavy (non-hydrogen) atoms. The van der Waals surface area contributed by atoms with Crippen LogP contribution in [0.1, 0.15) is 0 Å². The van der Waals surface area contributed by atoms with E-state index in [1.165, 1.54) is 16.9 Å². The molecule has 0 unspecified atom stereocenters. The molecular weight excluding hydrogens is 266 g/mol. The number of para-hydroxylation sites is 1.